The Hall–Kier alpha value is -1.66. The van der Waals surface area contributed by atoms with Crippen molar-refractivity contribution < 1.29 is 13.2 Å². The summed E-state index contributed by atoms with van der Waals surface area (Å²) in [5, 5.41) is 7.55. The molecule has 0 fully saturated rings. The molecule has 5 nitrogen and oxygen atoms in total. The summed E-state index contributed by atoms with van der Waals surface area (Å²) in [6, 6.07) is 5.65. The molecule has 17 heavy (non-hydrogen) atoms. The molecule has 0 unspecified atom stereocenters. The maximum atomic E-state index is 11.4. The van der Waals surface area contributed by atoms with Gasteiger partial charge in [0.05, 0.1) is 4.90 Å². The van der Waals surface area contributed by atoms with E-state index >= 15 is 0 Å². The van der Waals surface area contributed by atoms with Gasteiger partial charge in [0.1, 0.15) is 0 Å². The number of hydrogen-bond acceptors (Lipinski definition) is 3. The second-order valence-corrected chi connectivity index (χ2v) is 5.34. The lowest BCUT2D eigenvalue weighted by Crippen LogP contribution is -2.12. The Labute approximate surface area is 100 Å². The van der Waals surface area contributed by atoms with Crippen LogP contribution in [-0.2, 0) is 14.8 Å². The third-order valence-electron chi connectivity index (χ3n) is 1.87. The summed E-state index contributed by atoms with van der Waals surface area (Å²) in [6.07, 6.45) is 1.45. The predicted octanol–water partition coefficient (Wildman–Crippen LogP) is 1.24. The fourth-order valence-electron chi connectivity index (χ4n) is 1.17. The zero-order valence-corrected chi connectivity index (χ0v) is 10.4. The van der Waals surface area contributed by atoms with Crippen LogP contribution in [0.2, 0.25) is 0 Å². The normalized spacial score (nSPS) is 10.8. The number of sulfonamides is 1. The van der Waals surface area contributed by atoms with Crippen LogP contribution >= 0.6 is 0 Å². The third-order valence-corrected chi connectivity index (χ3v) is 2.80. The fourth-order valence-corrected chi connectivity index (χ4v) is 1.68. The van der Waals surface area contributed by atoms with Crippen LogP contribution in [0.3, 0.4) is 0 Å². The SMILES string of the molecule is CC(C)=CC(=O)Nc1ccc(S(N)(=O)=O)cc1. The molecule has 3 N–H and O–H groups in total. The Balaban J connectivity index is 2.83. The molecule has 1 aromatic carbocycles. The van der Waals surface area contributed by atoms with Crippen molar-refractivity contribution in [3.63, 3.8) is 0 Å². The first-order valence-electron chi connectivity index (χ1n) is 4.88. The molecular weight excluding hydrogens is 240 g/mol. The van der Waals surface area contributed by atoms with Gasteiger partial charge in [-0.1, -0.05) is 5.57 Å². The van der Waals surface area contributed by atoms with Gasteiger partial charge in [0, 0.05) is 11.8 Å². The highest BCUT2D eigenvalue weighted by molar-refractivity contribution is 7.89. The Morgan fingerprint density at radius 1 is 1.24 bits per heavy atom. The van der Waals surface area contributed by atoms with Crippen molar-refractivity contribution in [1.29, 1.82) is 0 Å². The van der Waals surface area contributed by atoms with E-state index in [0.717, 1.165) is 5.57 Å². The zero-order chi connectivity index (χ0) is 13.1. The number of amides is 1. The van der Waals surface area contributed by atoms with Gasteiger partial charge in [-0.15, -0.1) is 0 Å². The van der Waals surface area contributed by atoms with E-state index in [1.54, 1.807) is 0 Å². The summed E-state index contributed by atoms with van der Waals surface area (Å²) < 4.78 is 22.0. The fraction of sp³-hybridized carbons (Fsp3) is 0.182. The molecule has 0 spiro atoms. The lowest BCUT2D eigenvalue weighted by molar-refractivity contribution is -0.111. The monoisotopic (exact) mass is 254 g/mol. The first kappa shape index (κ1) is 13.4. The minimum Gasteiger partial charge on any atom is -0.323 e. The Bertz CT molecular complexity index is 541. The standard InChI is InChI=1S/C11H14N2O3S/c1-8(2)7-11(14)13-9-3-5-10(6-4-9)17(12,15)16/h3-7H,1-2H3,(H,13,14)(H2,12,15,16). The Kier molecular flexibility index (Phi) is 4.03. The van der Waals surface area contributed by atoms with Crippen molar-refractivity contribution in [2.75, 3.05) is 5.32 Å². The molecule has 0 radical (unpaired) electrons. The van der Waals surface area contributed by atoms with Crippen molar-refractivity contribution in [3.05, 3.63) is 35.9 Å². The van der Waals surface area contributed by atoms with Crippen LogP contribution in [0, 0.1) is 0 Å². The van der Waals surface area contributed by atoms with Gasteiger partial charge in [-0.3, -0.25) is 4.79 Å². The van der Waals surface area contributed by atoms with Crippen molar-refractivity contribution in [3.8, 4) is 0 Å². The molecule has 1 aromatic rings. The molecule has 0 aliphatic carbocycles. The summed E-state index contributed by atoms with van der Waals surface area (Å²) >= 11 is 0. The minimum absolute atomic E-state index is 0.0118. The number of nitrogens with two attached hydrogens (primary N) is 1. The highest BCUT2D eigenvalue weighted by Gasteiger charge is 2.07. The second kappa shape index (κ2) is 5.11. The van der Waals surface area contributed by atoms with Gasteiger partial charge in [0.2, 0.25) is 15.9 Å². The van der Waals surface area contributed by atoms with E-state index in [2.05, 4.69) is 5.32 Å². The van der Waals surface area contributed by atoms with Gasteiger partial charge >= 0.3 is 0 Å². The summed E-state index contributed by atoms with van der Waals surface area (Å²) in [4.78, 5) is 11.4. The molecule has 0 saturated carbocycles. The van der Waals surface area contributed by atoms with Gasteiger partial charge in [0.25, 0.3) is 0 Å². The molecule has 0 heterocycles. The Morgan fingerprint density at radius 2 is 1.76 bits per heavy atom. The topological polar surface area (TPSA) is 89.3 Å². The van der Waals surface area contributed by atoms with E-state index in [4.69, 9.17) is 5.14 Å². The molecule has 0 aliphatic rings. The Morgan fingerprint density at radius 3 is 2.18 bits per heavy atom. The number of primary sulfonamides is 1. The highest BCUT2D eigenvalue weighted by Crippen LogP contribution is 2.12. The highest BCUT2D eigenvalue weighted by atomic mass is 32.2. The third kappa shape index (κ3) is 4.38. The van der Waals surface area contributed by atoms with Crippen LogP contribution in [0.1, 0.15) is 13.8 Å². The number of carbonyl (C=O) groups is 1. The number of carbonyl (C=O) groups excluding carboxylic acids is 1. The van der Waals surface area contributed by atoms with Crippen LogP contribution in [0.4, 0.5) is 5.69 Å². The maximum absolute atomic E-state index is 11.4. The van der Waals surface area contributed by atoms with E-state index < -0.39 is 10.0 Å². The van der Waals surface area contributed by atoms with Crippen LogP contribution in [0.5, 0.6) is 0 Å². The van der Waals surface area contributed by atoms with Gasteiger partial charge in [0.15, 0.2) is 0 Å². The van der Waals surface area contributed by atoms with Crippen molar-refractivity contribution in [2.24, 2.45) is 5.14 Å². The van der Waals surface area contributed by atoms with E-state index in [9.17, 15) is 13.2 Å². The quantitative estimate of drug-likeness (QED) is 0.795. The largest absolute Gasteiger partial charge is 0.323 e. The van der Waals surface area contributed by atoms with Crippen molar-refractivity contribution >= 4 is 21.6 Å². The summed E-state index contributed by atoms with van der Waals surface area (Å²) in [7, 11) is -3.69. The van der Waals surface area contributed by atoms with Gasteiger partial charge in [-0.25, -0.2) is 13.6 Å². The number of nitrogens with one attached hydrogen (secondary N) is 1. The van der Waals surface area contributed by atoms with Crippen LogP contribution in [-0.4, -0.2) is 14.3 Å². The molecule has 1 rings (SSSR count). The molecule has 0 saturated heterocycles. The van der Waals surface area contributed by atoms with Gasteiger partial charge in [-0.2, -0.15) is 0 Å². The maximum Gasteiger partial charge on any atom is 0.248 e. The first-order valence-corrected chi connectivity index (χ1v) is 6.42. The molecule has 1 amide bonds. The predicted molar refractivity (Wildman–Crippen MR) is 65.9 cm³/mol. The van der Waals surface area contributed by atoms with E-state index in [1.165, 1.54) is 30.3 Å². The van der Waals surface area contributed by atoms with Crippen LogP contribution < -0.4 is 10.5 Å². The number of allylic oxidation sites excluding steroid dienone is 1. The lowest BCUT2D eigenvalue weighted by atomic mass is 10.3. The summed E-state index contributed by atoms with van der Waals surface area (Å²) in [5.41, 5.74) is 1.39. The molecule has 0 aliphatic heterocycles. The average Bonchev–Trinajstić information content (AvgIpc) is 2.15. The van der Waals surface area contributed by atoms with E-state index in [-0.39, 0.29) is 10.8 Å². The van der Waals surface area contributed by atoms with Crippen LogP contribution in [0.25, 0.3) is 0 Å². The number of hydrogen-bond donors (Lipinski definition) is 2. The average molecular weight is 254 g/mol. The second-order valence-electron chi connectivity index (χ2n) is 3.78. The smallest absolute Gasteiger partial charge is 0.248 e. The summed E-state index contributed by atoms with van der Waals surface area (Å²) in [6.45, 7) is 3.62. The summed E-state index contributed by atoms with van der Waals surface area (Å²) in [5.74, 6) is -0.256. The lowest BCUT2D eigenvalue weighted by Gasteiger charge is -2.03. The first-order chi connectivity index (χ1) is 7.79. The van der Waals surface area contributed by atoms with Gasteiger partial charge < -0.3 is 5.32 Å². The number of rotatable bonds is 3. The molecule has 0 aromatic heterocycles. The van der Waals surface area contributed by atoms with Crippen molar-refractivity contribution in [2.45, 2.75) is 18.7 Å². The minimum atomic E-state index is -3.69. The molecule has 0 atom stereocenters. The molecule has 6 heteroatoms. The zero-order valence-electron chi connectivity index (χ0n) is 9.60. The van der Waals surface area contributed by atoms with E-state index in [0.29, 0.717) is 5.69 Å². The van der Waals surface area contributed by atoms with Crippen molar-refractivity contribution in [1.82, 2.24) is 0 Å². The van der Waals surface area contributed by atoms with Gasteiger partial charge in [-0.05, 0) is 38.1 Å². The van der Waals surface area contributed by atoms with E-state index in [1.807, 2.05) is 13.8 Å². The number of benzene rings is 1. The number of anilines is 1. The van der Waals surface area contributed by atoms with Crippen LogP contribution in [0.15, 0.2) is 40.8 Å². The molecular formula is C11H14N2O3S. The molecule has 92 valence electrons. The molecule has 0 bridgehead atoms.